The second-order valence-electron chi connectivity index (χ2n) is 5.54. The number of carbonyl (C=O) groups is 1. The van der Waals surface area contributed by atoms with Gasteiger partial charge in [0.2, 0.25) is 5.91 Å². The zero-order valence-corrected chi connectivity index (χ0v) is 10.8. The van der Waals surface area contributed by atoms with E-state index in [0.717, 1.165) is 32.0 Å². The summed E-state index contributed by atoms with van der Waals surface area (Å²) in [6.07, 6.45) is 3.83. The molecule has 1 aliphatic carbocycles. The van der Waals surface area contributed by atoms with Gasteiger partial charge in [0, 0.05) is 13.1 Å². The SMILES string of the molecule is CCCN(CC1CC1)CC(C)(C)C(=O)NN. The molecule has 3 N–H and O–H groups in total. The Balaban J connectivity index is 2.47. The summed E-state index contributed by atoms with van der Waals surface area (Å²) in [4.78, 5) is 14.0. The van der Waals surface area contributed by atoms with E-state index >= 15 is 0 Å². The third-order valence-corrected chi connectivity index (χ3v) is 3.12. The fourth-order valence-electron chi connectivity index (χ4n) is 2.04. The molecule has 4 nitrogen and oxygen atoms in total. The van der Waals surface area contributed by atoms with Gasteiger partial charge in [-0.3, -0.25) is 10.2 Å². The summed E-state index contributed by atoms with van der Waals surface area (Å²) in [6.45, 7) is 9.07. The lowest BCUT2D eigenvalue weighted by Gasteiger charge is -2.31. The third-order valence-electron chi connectivity index (χ3n) is 3.12. The summed E-state index contributed by atoms with van der Waals surface area (Å²) in [6, 6.07) is 0. The van der Waals surface area contributed by atoms with E-state index in [-0.39, 0.29) is 5.91 Å². The first-order valence-corrected chi connectivity index (χ1v) is 6.23. The Morgan fingerprint density at radius 1 is 1.50 bits per heavy atom. The van der Waals surface area contributed by atoms with E-state index in [2.05, 4.69) is 17.2 Å². The lowest BCUT2D eigenvalue weighted by molar-refractivity contribution is -0.130. The lowest BCUT2D eigenvalue weighted by atomic mass is 9.91. The third kappa shape index (κ3) is 4.10. The van der Waals surface area contributed by atoms with Crippen LogP contribution in [0, 0.1) is 11.3 Å². The molecule has 1 saturated carbocycles. The average molecular weight is 227 g/mol. The van der Waals surface area contributed by atoms with Crippen molar-refractivity contribution in [3.8, 4) is 0 Å². The van der Waals surface area contributed by atoms with Crippen molar-refractivity contribution in [1.82, 2.24) is 10.3 Å². The molecule has 1 fully saturated rings. The van der Waals surface area contributed by atoms with E-state index < -0.39 is 5.41 Å². The van der Waals surface area contributed by atoms with Crippen molar-refractivity contribution in [1.29, 1.82) is 0 Å². The van der Waals surface area contributed by atoms with Gasteiger partial charge in [-0.25, -0.2) is 5.84 Å². The monoisotopic (exact) mass is 227 g/mol. The highest BCUT2D eigenvalue weighted by Gasteiger charge is 2.31. The molecular weight excluding hydrogens is 202 g/mol. The molecule has 0 aromatic carbocycles. The van der Waals surface area contributed by atoms with Gasteiger partial charge in [0.05, 0.1) is 5.41 Å². The fourth-order valence-corrected chi connectivity index (χ4v) is 2.04. The number of amides is 1. The zero-order chi connectivity index (χ0) is 12.2. The van der Waals surface area contributed by atoms with E-state index in [9.17, 15) is 4.79 Å². The molecule has 0 bridgehead atoms. The smallest absolute Gasteiger partial charge is 0.240 e. The fraction of sp³-hybridized carbons (Fsp3) is 0.917. The number of carbonyl (C=O) groups excluding carboxylic acids is 1. The van der Waals surface area contributed by atoms with Crippen molar-refractivity contribution in [2.45, 2.75) is 40.0 Å². The summed E-state index contributed by atoms with van der Waals surface area (Å²) >= 11 is 0. The number of nitrogens with zero attached hydrogens (tertiary/aromatic N) is 1. The minimum absolute atomic E-state index is 0.0793. The van der Waals surface area contributed by atoms with Gasteiger partial charge in [0.1, 0.15) is 0 Å². The van der Waals surface area contributed by atoms with E-state index in [1.807, 2.05) is 13.8 Å². The van der Waals surface area contributed by atoms with Gasteiger partial charge in [-0.2, -0.15) is 0 Å². The number of hydrogen-bond acceptors (Lipinski definition) is 3. The number of hydrogen-bond donors (Lipinski definition) is 2. The Labute approximate surface area is 98.5 Å². The molecule has 1 aliphatic rings. The normalized spacial score (nSPS) is 16.6. The van der Waals surface area contributed by atoms with Gasteiger partial charge in [-0.05, 0) is 45.6 Å². The number of nitrogens with two attached hydrogens (primary N) is 1. The quantitative estimate of drug-likeness (QED) is 0.389. The molecule has 0 unspecified atom stereocenters. The molecule has 0 heterocycles. The molecule has 0 aromatic heterocycles. The predicted molar refractivity (Wildman–Crippen MR) is 65.6 cm³/mol. The molecule has 0 radical (unpaired) electrons. The predicted octanol–water partition coefficient (Wildman–Crippen LogP) is 1.12. The first kappa shape index (κ1) is 13.5. The van der Waals surface area contributed by atoms with Crippen molar-refractivity contribution in [2.75, 3.05) is 19.6 Å². The molecule has 0 aromatic rings. The maximum atomic E-state index is 11.6. The van der Waals surface area contributed by atoms with Crippen LogP contribution in [0.1, 0.15) is 40.0 Å². The molecule has 0 aliphatic heterocycles. The Kier molecular flexibility index (Phi) is 4.74. The molecule has 0 spiro atoms. The van der Waals surface area contributed by atoms with Crippen molar-refractivity contribution >= 4 is 5.91 Å². The van der Waals surface area contributed by atoms with Gasteiger partial charge in [-0.1, -0.05) is 6.92 Å². The van der Waals surface area contributed by atoms with Gasteiger partial charge >= 0.3 is 0 Å². The lowest BCUT2D eigenvalue weighted by Crippen LogP contribution is -2.47. The van der Waals surface area contributed by atoms with Gasteiger partial charge in [0.15, 0.2) is 0 Å². The second kappa shape index (κ2) is 5.64. The first-order chi connectivity index (χ1) is 7.49. The minimum atomic E-state index is -0.404. The van der Waals surface area contributed by atoms with Crippen molar-refractivity contribution < 1.29 is 4.79 Å². The van der Waals surface area contributed by atoms with Crippen LogP contribution in [0.25, 0.3) is 0 Å². The van der Waals surface area contributed by atoms with Gasteiger partial charge in [-0.15, -0.1) is 0 Å². The summed E-state index contributed by atoms with van der Waals surface area (Å²) in [7, 11) is 0. The van der Waals surface area contributed by atoms with Crippen LogP contribution in [-0.2, 0) is 4.79 Å². The van der Waals surface area contributed by atoms with E-state index in [0.29, 0.717) is 0 Å². The number of rotatable bonds is 7. The Hall–Kier alpha value is -0.610. The van der Waals surface area contributed by atoms with Crippen LogP contribution in [0.2, 0.25) is 0 Å². The van der Waals surface area contributed by atoms with Gasteiger partial charge < -0.3 is 4.90 Å². The zero-order valence-electron chi connectivity index (χ0n) is 10.8. The van der Waals surface area contributed by atoms with Crippen molar-refractivity contribution in [2.24, 2.45) is 17.2 Å². The minimum Gasteiger partial charge on any atom is -0.302 e. The van der Waals surface area contributed by atoms with E-state index in [1.165, 1.54) is 12.8 Å². The summed E-state index contributed by atoms with van der Waals surface area (Å²) in [5.74, 6) is 5.99. The van der Waals surface area contributed by atoms with Crippen molar-refractivity contribution in [3.63, 3.8) is 0 Å². The highest BCUT2D eigenvalue weighted by molar-refractivity contribution is 5.81. The van der Waals surface area contributed by atoms with Crippen LogP contribution in [0.15, 0.2) is 0 Å². The van der Waals surface area contributed by atoms with E-state index in [1.54, 1.807) is 0 Å². The molecule has 4 heteroatoms. The average Bonchev–Trinajstić information content (AvgIpc) is 3.00. The van der Waals surface area contributed by atoms with Crippen LogP contribution in [0.5, 0.6) is 0 Å². The van der Waals surface area contributed by atoms with Crippen LogP contribution < -0.4 is 11.3 Å². The highest BCUT2D eigenvalue weighted by atomic mass is 16.2. The largest absolute Gasteiger partial charge is 0.302 e. The standard InChI is InChI=1S/C12H25N3O/c1-4-7-15(8-10-5-6-10)9-12(2,3)11(16)14-13/h10H,4-9,13H2,1-3H3,(H,14,16). The van der Waals surface area contributed by atoms with Crippen molar-refractivity contribution in [3.05, 3.63) is 0 Å². The molecule has 0 atom stereocenters. The molecule has 16 heavy (non-hydrogen) atoms. The highest BCUT2D eigenvalue weighted by Crippen LogP contribution is 2.30. The van der Waals surface area contributed by atoms with Gasteiger partial charge in [0.25, 0.3) is 0 Å². The van der Waals surface area contributed by atoms with Crippen LogP contribution in [0.3, 0.4) is 0 Å². The Bertz CT molecular complexity index is 236. The summed E-state index contributed by atoms with van der Waals surface area (Å²) < 4.78 is 0. The second-order valence-corrected chi connectivity index (χ2v) is 5.54. The number of hydrazine groups is 1. The summed E-state index contributed by atoms with van der Waals surface area (Å²) in [5.41, 5.74) is 1.85. The van der Waals surface area contributed by atoms with Crippen LogP contribution >= 0.6 is 0 Å². The van der Waals surface area contributed by atoms with E-state index in [4.69, 9.17) is 5.84 Å². The molecule has 1 rings (SSSR count). The molecule has 0 saturated heterocycles. The Morgan fingerprint density at radius 3 is 2.56 bits per heavy atom. The molecule has 1 amide bonds. The Morgan fingerprint density at radius 2 is 2.12 bits per heavy atom. The van der Waals surface area contributed by atoms with Crippen LogP contribution in [0.4, 0.5) is 0 Å². The maximum Gasteiger partial charge on any atom is 0.240 e. The molecular formula is C12H25N3O. The topological polar surface area (TPSA) is 58.4 Å². The maximum absolute atomic E-state index is 11.6. The molecule has 94 valence electrons. The number of nitrogens with one attached hydrogen (secondary N) is 1. The van der Waals surface area contributed by atoms with Crippen LogP contribution in [-0.4, -0.2) is 30.4 Å². The summed E-state index contributed by atoms with van der Waals surface area (Å²) in [5, 5.41) is 0. The first-order valence-electron chi connectivity index (χ1n) is 6.23.